The molecule has 0 saturated carbocycles. The van der Waals surface area contributed by atoms with Crippen LogP contribution in [0.15, 0.2) is 71.8 Å². The molecular weight excluding hydrogens is 252 g/mol. The highest BCUT2D eigenvalue weighted by atomic mass is 14.5. The van der Waals surface area contributed by atoms with Gasteiger partial charge in [-0.2, -0.15) is 0 Å². The molecule has 0 saturated heterocycles. The van der Waals surface area contributed by atoms with Crippen LogP contribution in [0.2, 0.25) is 0 Å². The van der Waals surface area contributed by atoms with Gasteiger partial charge in [0.05, 0.1) is 0 Å². The van der Waals surface area contributed by atoms with Crippen molar-refractivity contribution in [1.82, 2.24) is 0 Å². The fourth-order valence-electron chi connectivity index (χ4n) is 4.05. The molecule has 0 fully saturated rings. The molecule has 21 heavy (non-hydrogen) atoms. The Labute approximate surface area is 128 Å². The third-order valence-electron chi connectivity index (χ3n) is 5.75. The molecule has 0 heteroatoms. The molecule has 0 bridgehead atoms. The molecule has 2 unspecified atom stereocenters. The molecule has 0 radical (unpaired) electrons. The second-order valence-electron chi connectivity index (χ2n) is 6.82. The van der Waals surface area contributed by atoms with E-state index in [1.807, 2.05) is 0 Å². The highest BCUT2D eigenvalue weighted by Crippen LogP contribution is 2.54. The first-order chi connectivity index (χ1) is 9.98. The first kappa shape index (κ1) is 14.1. The van der Waals surface area contributed by atoms with Crippen LogP contribution in [0.3, 0.4) is 0 Å². The van der Waals surface area contributed by atoms with Gasteiger partial charge < -0.3 is 0 Å². The van der Waals surface area contributed by atoms with Crippen LogP contribution >= 0.6 is 0 Å². The molecule has 0 amide bonds. The molecule has 0 heterocycles. The zero-order valence-corrected chi connectivity index (χ0v) is 13.5. The van der Waals surface area contributed by atoms with Gasteiger partial charge in [-0.3, -0.25) is 0 Å². The summed E-state index contributed by atoms with van der Waals surface area (Å²) in [5.74, 6) is 0. The Hall–Kier alpha value is -1.82. The minimum atomic E-state index is 0.135. The predicted octanol–water partition coefficient (Wildman–Crippen LogP) is 5.64. The SMILES string of the molecule is CC1=C(C)C(C)(c2ccccc2)CC1(C)c1ccccc1. The largest absolute Gasteiger partial charge is 0.0631 e. The van der Waals surface area contributed by atoms with Gasteiger partial charge in [0.15, 0.2) is 0 Å². The average molecular weight is 276 g/mol. The average Bonchev–Trinajstić information content (AvgIpc) is 2.72. The van der Waals surface area contributed by atoms with E-state index in [0.29, 0.717) is 0 Å². The van der Waals surface area contributed by atoms with E-state index in [1.165, 1.54) is 22.3 Å². The topological polar surface area (TPSA) is 0 Å². The molecule has 0 N–H and O–H groups in total. The van der Waals surface area contributed by atoms with E-state index in [1.54, 1.807) is 0 Å². The molecule has 2 aromatic carbocycles. The maximum Gasteiger partial charge on any atom is 0.0145 e. The molecule has 0 aliphatic heterocycles. The van der Waals surface area contributed by atoms with E-state index in [4.69, 9.17) is 0 Å². The predicted molar refractivity (Wildman–Crippen MR) is 90.6 cm³/mol. The summed E-state index contributed by atoms with van der Waals surface area (Å²) in [4.78, 5) is 0. The van der Waals surface area contributed by atoms with Crippen molar-refractivity contribution in [3.63, 3.8) is 0 Å². The summed E-state index contributed by atoms with van der Waals surface area (Å²) in [6.07, 6.45) is 1.14. The zero-order chi connectivity index (χ0) is 15.1. The van der Waals surface area contributed by atoms with Crippen LogP contribution in [0.1, 0.15) is 45.2 Å². The Balaban J connectivity index is 2.11. The second-order valence-corrected chi connectivity index (χ2v) is 6.82. The van der Waals surface area contributed by atoms with Crippen molar-refractivity contribution in [1.29, 1.82) is 0 Å². The van der Waals surface area contributed by atoms with Crippen molar-refractivity contribution in [2.75, 3.05) is 0 Å². The van der Waals surface area contributed by atoms with Gasteiger partial charge in [-0.1, -0.05) is 85.7 Å². The van der Waals surface area contributed by atoms with Crippen molar-refractivity contribution in [3.05, 3.63) is 82.9 Å². The quantitative estimate of drug-likeness (QED) is 0.622. The maximum atomic E-state index is 2.40. The Morgan fingerprint density at radius 3 is 1.29 bits per heavy atom. The van der Waals surface area contributed by atoms with Gasteiger partial charge in [-0.05, 0) is 31.4 Å². The van der Waals surface area contributed by atoms with Gasteiger partial charge in [0.1, 0.15) is 0 Å². The number of benzene rings is 2. The lowest BCUT2D eigenvalue weighted by Crippen LogP contribution is -2.27. The van der Waals surface area contributed by atoms with Gasteiger partial charge in [0, 0.05) is 10.8 Å². The van der Waals surface area contributed by atoms with E-state index in [0.717, 1.165) is 6.42 Å². The molecular formula is C21H24. The first-order valence-electron chi connectivity index (χ1n) is 7.78. The lowest BCUT2D eigenvalue weighted by Gasteiger charge is -2.32. The van der Waals surface area contributed by atoms with Crippen LogP contribution in [0.5, 0.6) is 0 Å². The summed E-state index contributed by atoms with van der Waals surface area (Å²) in [6, 6.07) is 21.9. The van der Waals surface area contributed by atoms with Gasteiger partial charge in [-0.15, -0.1) is 0 Å². The molecule has 1 aliphatic rings. The van der Waals surface area contributed by atoms with Gasteiger partial charge in [-0.25, -0.2) is 0 Å². The van der Waals surface area contributed by atoms with E-state index in [2.05, 4.69) is 88.4 Å². The standard InChI is InChI=1S/C21H24/c1-16-17(2)21(4,19-13-9-6-10-14-19)15-20(16,3)18-11-7-5-8-12-18/h5-14H,15H2,1-4H3. The van der Waals surface area contributed by atoms with Crippen molar-refractivity contribution in [3.8, 4) is 0 Å². The fraction of sp³-hybridized carbons (Fsp3) is 0.333. The van der Waals surface area contributed by atoms with Crippen molar-refractivity contribution in [2.45, 2.75) is 44.9 Å². The van der Waals surface area contributed by atoms with Crippen LogP contribution < -0.4 is 0 Å². The normalized spacial score (nSPS) is 29.0. The number of hydrogen-bond donors (Lipinski definition) is 0. The Morgan fingerprint density at radius 2 is 0.952 bits per heavy atom. The minimum Gasteiger partial charge on any atom is -0.0631 e. The van der Waals surface area contributed by atoms with Crippen molar-refractivity contribution < 1.29 is 0 Å². The molecule has 0 spiro atoms. The molecule has 0 nitrogen and oxygen atoms in total. The Kier molecular flexibility index (Phi) is 3.28. The van der Waals surface area contributed by atoms with Crippen LogP contribution in [0, 0.1) is 0 Å². The molecule has 108 valence electrons. The highest BCUT2D eigenvalue weighted by molar-refractivity contribution is 5.50. The van der Waals surface area contributed by atoms with Crippen LogP contribution in [0.4, 0.5) is 0 Å². The summed E-state index contributed by atoms with van der Waals surface area (Å²) in [5, 5.41) is 0. The number of hydrogen-bond acceptors (Lipinski definition) is 0. The summed E-state index contributed by atoms with van der Waals surface area (Å²) in [7, 11) is 0. The maximum absolute atomic E-state index is 2.40. The van der Waals surface area contributed by atoms with E-state index in [9.17, 15) is 0 Å². The smallest absolute Gasteiger partial charge is 0.0145 e. The van der Waals surface area contributed by atoms with Crippen LogP contribution in [-0.2, 0) is 10.8 Å². The van der Waals surface area contributed by atoms with Gasteiger partial charge >= 0.3 is 0 Å². The van der Waals surface area contributed by atoms with E-state index >= 15 is 0 Å². The molecule has 0 aromatic heterocycles. The number of rotatable bonds is 2. The van der Waals surface area contributed by atoms with Crippen LogP contribution in [-0.4, -0.2) is 0 Å². The summed E-state index contributed by atoms with van der Waals surface area (Å²) in [5.41, 5.74) is 6.19. The fourth-order valence-corrected chi connectivity index (χ4v) is 4.05. The van der Waals surface area contributed by atoms with Crippen LogP contribution in [0.25, 0.3) is 0 Å². The zero-order valence-electron chi connectivity index (χ0n) is 13.5. The van der Waals surface area contributed by atoms with Gasteiger partial charge in [0.2, 0.25) is 0 Å². The minimum absolute atomic E-state index is 0.135. The molecule has 2 atom stereocenters. The molecule has 1 aliphatic carbocycles. The highest BCUT2D eigenvalue weighted by Gasteiger charge is 2.47. The third kappa shape index (κ3) is 2.05. The van der Waals surface area contributed by atoms with E-state index in [-0.39, 0.29) is 10.8 Å². The number of allylic oxidation sites excluding steroid dienone is 2. The second kappa shape index (κ2) is 4.87. The molecule has 2 aromatic rings. The Morgan fingerprint density at radius 1 is 0.619 bits per heavy atom. The third-order valence-corrected chi connectivity index (χ3v) is 5.75. The van der Waals surface area contributed by atoms with Crippen molar-refractivity contribution >= 4 is 0 Å². The lowest BCUT2D eigenvalue weighted by molar-refractivity contribution is 0.435. The molecule has 3 rings (SSSR count). The Bertz CT molecular complexity index is 606. The summed E-state index contributed by atoms with van der Waals surface area (Å²) in [6.45, 7) is 9.43. The van der Waals surface area contributed by atoms with E-state index < -0.39 is 0 Å². The van der Waals surface area contributed by atoms with Gasteiger partial charge in [0.25, 0.3) is 0 Å². The first-order valence-corrected chi connectivity index (χ1v) is 7.78. The summed E-state index contributed by atoms with van der Waals surface area (Å²) >= 11 is 0. The monoisotopic (exact) mass is 276 g/mol. The van der Waals surface area contributed by atoms with Crippen molar-refractivity contribution in [2.24, 2.45) is 0 Å². The lowest BCUT2D eigenvalue weighted by atomic mass is 9.71. The summed E-state index contributed by atoms with van der Waals surface area (Å²) < 4.78 is 0.